The van der Waals surface area contributed by atoms with Gasteiger partial charge in [0.15, 0.2) is 5.13 Å². The molecule has 0 saturated carbocycles. The largest absolute Gasteiger partial charge is 0.346 e. The molecule has 0 bridgehead atoms. The molecule has 1 atom stereocenters. The van der Waals surface area contributed by atoms with Crippen molar-refractivity contribution in [3.63, 3.8) is 0 Å². The van der Waals surface area contributed by atoms with E-state index < -0.39 is 0 Å². The van der Waals surface area contributed by atoms with Gasteiger partial charge >= 0.3 is 0 Å². The quantitative estimate of drug-likeness (QED) is 0.837. The zero-order valence-corrected chi connectivity index (χ0v) is 13.8. The van der Waals surface area contributed by atoms with Crippen LogP contribution in [0.5, 0.6) is 0 Å². The van der Waals surface area contributed by atoms with Crippen LogP contribution in [0.25, 0.3) is 0 Å². The highest BCUT2D eigenvalue weighted by Gasteiger charge is 2.24. The summed E-state index contributed by atoms with van der Waals surface area (Å²) in [4.78, 5) is 9.49. The van der Waals surface area contributed by atoms with Crippen LogP contribution in [0.2, 0.25) is 0 Å². The lowest BCUT2D eigenvalue weighted by molar-refractivity contribution is 0.169. The number of hydrogen-bond acceptors (Lipinski definition) is 5. The SMILES string of the molecule is CCCC(CNC(C)C)N1CCN(c2nccs2)CC1. The van der Waals surface area contributed by atoms with E-state index in [0.29, 0.717) is 12.1 Å². The molecule has 0 radical (unpaired) electrons. The average molecular weight is 296 g/mol. The number of nitrogens with one attached hydrogen (secondary N) is 1. The summed E-state index contributed by atoms with van der Waals surface area (Å²) in [6.07, 6.45) is 4.45. The molecule has 2 rings (SSSR count). The van der Waals surface area contributed by atoms with Crippen LogP contribution in [-0.2, 0) is 0 Å². The van der Waals surface area contributed by atoms with Crippen LogP contribution in [-0.4, -0.2) is 54.7 Å². The number of rotatable bonds is 7. The molecule has 1 unspecified atom stereocenters. The maximum atomic E-state index is 4.42. The van der Waals surface area contributed by atoms with E-state index in [1.54, 1.807) is 11.3 Å². The molecule has 1 aliphatic rings. The molecule has 20 heavy (non-hydrogen) atoms. The first-order chi connectivity index (χ1) is 9.70. The Hall–Kier alpha value is -0.650. The zero-order valence-electron chi connectivity index (χ0n) is 13.0. The molecule has 1 aromatic heterocycles. The highest BCUT2D eigenvalue weighted by molar-refractivity contribution is 7.13. The van der Waals surface area contributed by atoms with Gasteiger partial charge in [0, 0.05) is 56.4 Å². The topological polar surface area (TPSA) is 31.4 Å². The van der Waals surface area contributed by atoms with Crippen molar-refractivity contribution in [2.24, 2.45) is 0 Å². The summed E-state index contributed by atoms with van der Waals surface area (Å²) in [6, 6.07) is 1.26. The van der Waals surface area contributed by atoms with Crippen LogP contribution in [0, 0.1) is 0 Å². The number of aromatic nitrogens is 1. The predicted octanol–water partition coefficient (Wildman–Crippen LogP) is 2.43. The highest BCUT2D eigenvalue weighted by Crippen LogP contribution is 2.20. The Labute approximate surface area is 127 Å². The van der Waals surface area contributed by atoms with E-state index in [1.807, 2.05) is 6.20 Å². The number of thiazole rings is 1. The lowest BCUT2D eigenvalue weighted by Gasteiger charge is -2.39. The fourth-order valence-electron chi connectivity index (χ4n) is 2.77. The predicted molar refractivity (Wildman–Crippen MR) is 87.7 cm³/mol. The average Bonchev–Trinajstić information content (AvgIpc) is 2.97. The van der Waals surface area contributed by atoms with E-state index in [9.17, 15) is 0 Å². The van der Waals surface area contributed by atoms with E-state index in [2.05, 4.69) is 46.3 Å². The molecule has 2 heterocycles. The van der Waals surface area contributed by atoms with E-state index in [4.69, 9.17) is 0 Å². The lowest BCUT2D eigenvalue weighted by atomic mass is 10.1. The van der Waals surface area contributed by atoms with Crippen molar-refractivity contribution in [3.05, 3.63) is 11.6 Å². The fourth-order valence-corrected chi connectivity index (χ4v) is 3.47. The second kappa shape index (κ2) is 7.96. The lowest BCUT2D eigenvalue weighted by Crippen LogP contribution is -2.53. The Balaban J connectivity index is 1.83. The molecule has 0 aromatic carbocycles. The smallest absolute Gasteiger partial charge is 0.185 e. The zero-order chi connectivity index (χ0) is 14.4. The summed E-state index contributed by atoms with van der Waals surface area (Å²) in [6.45, 7) is 12.4. The number of piperazine rings is 1. The van der Waals surface area contributed by atoms with Gasteiger partial charge in [0.1, 0.15) is 0 Å². The Bertz CT molecular complexity index is 358. The molecule has 1 fully saturated rings. The van der Waals surface area contributed by atoms with Gasteiger partial charge in [-0.25, -0.2) is 4.98 Å². The molecule has 114 valence electrons. The summed E-state index contributed by atoms with van der Waals surface area (Å²) in [5.74, 6) is 0. The molecule has 0 aliphatic carbocycles. The third kappa shape index (κ3) is 4.43. The van der Waals surface area contributed by atoms with Gasteiger partial charge in [0.25, 0.3) is 0 Å². The van der Waals surface area contributed by atoms with Gasteiger partial charge in [-0.15, -0.1) is 11.3 Å². The molecule has 1 aromatic rings. The Morgan fingerprint density at radius 2 is 2.05 bits per heavy atom. The van der Waals surface area contributed by atoms with Crippen molar-refractivity contribution in [1.82, 2.24) is 15.2 Å². The van der Waals surface area contributed by atoms with Crippen LogP contribution in [0.15, 0.2) is 11.6 Å². The van der Waals surface area contributed by atoms with Gasteiger partial charge in [-0.3, -0.25) is 4.90 Å². The van der Waals surface area contributed by atoms with Gasteiger partial charge in [0.05, 0.1) is 0 Å². The number of nitrogens with zero attached hydrogens (tertiary/aromatic N) is 3. The van der Waals surface area contributed by atoms with Crippen LogP contribution >= 0.6 is 11.3 Å². The molecule has 0 amide bonds. The van der Waals surface area contributed by atoms with E-state index in [0.717, 1.165) is 32.7 Å². The summed E-state index contributed by atoms with van der Waals surface area (Å²) in [5, 5.41) is 6.84. The summed E-state index contributed by atoms with van der Waals surface area (Å²) >= 11 is 1.75. The van der Waals surface area contributed by atoms with Crippen molar-refractivity contribution in [3.8, 4) is 0 Å². The Morgan fingerprint density at radius 3 is 2.60 bits per heavy atom. The standard InChI is InChI=1S/C15H28N4S/c1-4-5-14(12-17-13(2)3)18-7-9-19(10-8-18)15-16-6-11-20-15/h6,11,13-14,17H,4-5,7-10,12H2,1-3H3. The summed E-state index contributed by atoms with van der Waals surface area (Å²) in [7, 11) is 0. The molecule has 0 spiro atoms. The van der Waals surface area contributed by atoms with Gasteiger partial charge in [-0.1, -0.05) is 27.2 Å². The van der Waals surface area contributed by atoms with Crippen molar-refractivity contribution in [1.29, 1.82) is 0 Å². The first-order valence-electron chi connectivity index (χ1n) is 7.82. The van der Waals surface area contributed by atoms with Gasteiger partial charge < -0.3 is 10.2 Å². The minimum atomic E-state index is 0.575. The highest BCUT2D eigenvalue weighted by atomic mass is 32.1. The minimum absolute atomic E-state index is 0.575. The second-order valence-corrected chi connectivity index (χ2v) is 6.72. The fraction of sp³-hybridized carbons (Fsp3) is 0.800. The number of hydrogen-bond donors (Lipinski definition) is 1. The first kappa shape index (κ1) is 15.7. The summed E-state index contributed by atoms with van der Waals surface area (Å²) in [5.41, 5.74) is 0. The van der Waals surface area contributed by atoms with Crippen molar-refractivity contribution < 1.29 is 0 Å². The van der Waals surface area contributed by atoms with Crippen molar-refractivity contribution in [2.75, 3.05) is 37.6 Å². The monoisotopic (exact) mass is 296 g/mol. The third-order valence-corrected chi connectivity index (χ3v) is 4.74. The maximum absolute atomic E-state index is 4.42. The minimum Gasteiger partial charge on any atom is -0.346 e. The molecule has 1 N–H and O–H groups in total. The second-order valence-electron chi connectivity index (χ2n) is 5.84. The molecular weight excluding hydrogens is 268 g/mol. The van der Waals surface area contributed by atoms with Gasteiger partial charge in [-0.05, 0) is 6.42 Å². The maximum Gasteiger partial charge on any atom is 0.185 e. The Morgan fingerprint density at radius 1 is 1.30 bits per heavy atom. The first-order valence-corrected chi connectivity index (χ1v) is 8.70. The van der Waals surface area contributed by atoms with Gasteiger partial charge in [0.2, 0.25) is 0 Å². The van der Waals surface area contributed by atoms with Gasteiger partial charge in [-0.2, -0.15) is 0 Å². The molecule has 1 saturated heterocycles. The third-order valence-electron chi connectivity index (χ3n) is 3.90. The van der Waals surface area contributed by atoms with E-state index >= 15 is 0 Å². The van der Waals surface area contributed by atoms with E-state index in [-0.39, 0.29) is 0 Å². The molecule has 5 heteroatoms. The van der Waals surface area contributed by atoms with Crippen LogP contribution in [0.3, 0.4) is 0 Å². The van der Waals surface area contributed by atoms with E-state index in [1.165, 1.54) is 18.0 Å². The Kier molecular flexibility index (Phi) is 6.26. The molecule has 1 aliphatic heterocycles. The van der Waals surface area contributed by atoms with Crippen molar-refractivity contribution in [2.45, 2.75) is 45.7 Å². The van der Waals surface area contributed by atoms with Crippen molar-refractivity contribution >= 4 is 16.5 Å². The summed E-state index contributed by atoms with van der Waals surface area (Å²) < 4.78 is 0. The van der Waals surface area contributed by atoms with Crippen LogP contribution < -0.4 is 10.2 Å². The van der Waals surface area contributed by atoms with Crippen LogP contribution in [0.4, 0.5) is 5.13 Å². The molecule has 4 nitrogen and oxygen atoms in total. The normalized spacial score (nSPS) is 18.7. The number of anilines is 1. The van der Waals surface area contributed by atoms with Crippen LogP contribution in [0.1, 0.15) is 33.6 Å². The molecular formula is C15H28N4S.